The minimum Gasteiger partial charge on any atom is -1.00 e. The summed E-state index contributed by atoms with van der Waals surface area (Å²) >= 11 is 1.88. The van der Waals surface area contributed by atoms with Gasteiger partial charge in [-0.25, -0.2) is 13.6 Å². The molecule has 3 fully saturated rings. The highest BCUT2D eigenvalue weighted by Crippen LogP contribution is 2.37. The quantitative estimate of drug-likeness (QED) is 0.311. The van der Waals surface area contributed by atoms with Gasteiger partial charge in [0.2, 0.25) is 0 Å². The normalized spacial score (nSPS) is 22.0. The number of hydrogen-bond acceptors (Lipinski definition) is 3. The summed E-state index contributed by atoms with van der Waals surface area (Å²) in [6.07, 6.45) is 1.53. The van der Waals surface area contributed by atoms with Gasteiger partial charge in [0.05, 0.1) is 26.2 Å². The number of anilines is 1. The van der Waals surface area contributed by atoms with Crippen molar-refractivity contribution < 1.29 is 35.2 Å². The number of carbonyl (C=O) groups excluding carboxylic acids is 1. The van der Waals surface area contributed by atoms with E-state index in [9.17, 15) is 13.6 Å². The van der Waals surface area contributed by atoms with Crippen LogP contribution in [0, 0.1) is 24.5 Å². The molecule has 0 aromatic heterocycles. The van der Waals surface area contributed by atoms with Crippen LogP contribution in [0.4, 0.5) is 19.3 Å². The number of fused-ring (bicyclic) bond motifs is 3. The van der Waals surface area contributed by atoms with Gasteiger partial charge in [-0.15, -0.1) is 11.8 Å². The molecule has 0 N–H and O–H groups in total. The number of amides is 1. The lowest BCUT2D eigenvalue weighted by Crippen LogP contribution is -3.00. The average Bonchev–Trinajstić information content (AvgIpc) is 2.90. The van der Waals surface area contributed by atoms with Gasteiger partial charge in [0.15, 0.2) is 17.7 Å². The molecule has 0 spiro atoms. The number of halogens is 3. The Morgan fingerprint density at radius 3 is 2.47 bits per heavy atom. The first kappa shape index (κ1) is 28.4. The molecule has 6 rings (SSSR count). The highest BCUT2D eigenvalue weighted by molar-refractivity contribution is 7.99. The molecule has 1 amide bonds. The van der Waals surface area contributed by atoms with Crippen LogP contribution < -0.4 is 17.3 Å². The zero-order valence-corrected chi connectivity index (χ0v) is 23.1. The molecule has 0 unspecified atom stereocenters. The van der Waals surface area contributed by atoms with Gasteiger partial charge >= 0.3 is 6.09 Å². The van der Waals surface area contributed by atoms with Gasteiger partial charge in [0, 0.05) is 35.1 Å². The van der Waals surface area contributed by atoms with Crippen LogP contribution in [0.1, 0.15) is 24.0 Å². The molecule has 3 heterocycles. The van der Waals surface area contributed by atoms with Gasteiger partial charge in [-0.1, -0.05) is 36.4 Å². The molecule has 8 heteroatoms. The highest BCUT2D eigenvalue weighted by Gasteiger charge is 2.47. The first-order chi connectivity index (χ1) is 17.9. The van der Waals surface area contributed by atoms with Crippen molar-refractivity contribution >= 4 is 23.5 Å². The first-order valence-electron chi connectivity index (χ1n) is 12.9. The Morgan fingerprint density at radius 1 is 1.00 bits per heavy atom. The molecular formula is C30H33ClF2N2O2S. The largest absolute Gasteiger partial charge is 1.00 e. The molecule has 0 saturated carbocycles. The van der Waals surface area contributed by atoms with Gasteiger partial charge in [-0.2, -0.15) is 0 Å². The summed E-state index contributed by atoms with van der Waals surface area (Å²) in [5.41, 5.74) is 2.19. The second kappa shape index (κ2) is 12.5. The third-order valence-electron chi connectivity index (χ3n) is 7.73. The van der Waals surface area contributed by atoms with Crippen LogP contribution >= 0.6 is 11.8 Å². The third-order valence-corrected chi connectivity index (χ3v) is 8.72. The van der Waals surface area contributed by atoms with Gasteiger partial charge < -0.3 is 21.6 Å². The Kier molecular flexibility index (Phi) is 9.34. The van der Waals surface area contributed by atoms with E-state index in [1.165, 1.54) is 15.9 Å². The zero-order valence-electron chi connectivity index (χ0n) is 21.5. The zero-order chi connectivity index (χ0) is 25.8. The second-order valence-electron chi connectivity index (χ2n) is 10.3. The fraction of sp³-hybridized carbons (Fsp3) is 0.367. The number of aryl methyl sites for hydroxylation is 1. The first-order valence-corrected chi connectivity index (χ1v) is 13.9. The maximum absolute atomic E-state index is 13.9. The van der Waals surface area contributed by atoms with E-state index in [1.54, 1.807) is 0 Å². The van der Waals surface area contributed by atoms with Gasteiger partial charge in [-0.3, -0.25) is 4.90 Å². The maximum atomic E-state index is 13.9. The number of benzene rings is 3. The van der Waals surface area contributed by atoms with E-state index in [4.69, 9.17) is 4.74 Å². The predicted octanol–water partition coefficient (Wildman–Crippen LogP) is 3.82. The van der Waals surface area contributed by atoms with Crippen LogP contribution in [0.2, 0.25) is 0 Å². The number of nitrogens with zero attached hydrogens (tertiary/aromatic N) is 2. The fourth-order valence-electron chi connectivity index (χ4n) is 5.61. The predicted molar refractivity (Wildman–Crippen MR) is 144 cm³/mol. The second-order valence-corrected chi connectivity index (χ2v) is 11.5. The van der Waals surface area contributed by atoms with E-state index in [-0.39, 0.29) is 25.1 Å². The summed E-state index contributed by atoms with van der Waals surface area (Å²) < 4.78 is 34.6. The fourth-order valence-corrected chi connectivity index (χ4v) is 6.68. The summed E-state index contributed by atoms with van der Waals surface area (Å²) in [6, 6.07) is 21.8. The standard InChI is InChI=1S/C30H33F2N2O2S.ClH/c1-22-6-5-7-25(18-22)33(20-23-10-11-27(31)28(32)19-23)30(35)36-29-21-34(14-12-24(29)13-15-34)16-17-37-26-8-3-2-4-9-26;/h2-11,18-19,24,29H,12-17,20-21H2,1H3;1H/q+1;/p-1/t24?,29-,34?;/m0./s1. The topological polar surface area (TPSA) is 29.5 Å². The van der Waals surface area contributed by atoms with Gasteiger partial charge in [-0.05, 0) is 54.4 Å². The number of piperidine rings is 3. The summed E-state index contributed by atoms with van der Waals surface area (Å²) in [5.74, 6) is -0.429. The van der Waals surface area contributed by atoms with E-state index in [0.717, 1.165) is 67.0 Å². The van der Waals surface area contributed by atoms with E-state index in [2.05, 4.69) is 24.3 Å². The van der Waals surface area contributed by atoms with Crippen LogP contribution in [0.25, 0.3) is 0 Å². The minimum absolute atomic E-state index is 0. The van der Waals surface area contributed by atoms with Gasteiger partial charge in [0.1, 0.15) is 6.54 Å². The Hall–Kier alpha value is -2.61. The van der Waals surface area contributed by atoms with Crippen molar-refractivity contribution in [2.24, 2.45) is 5.92 Å². The molecule has 3 saturated heterocycles. The Labute approximate surface area is 234 Å². The molecule has 0 radical (unpaired) electrons. The maximum Gasteiger partial charge on any atom is 0.415 e. The minimum atomic E-state index is -0.924. The summed E-state index contributed by atoms with van der Waals surface area (Å²) in [4.78, 5) is 16.4. The number of carbonyl (C=O) groups is 1. The number of quaternary nitrogens is 1. The number of ether oxygens (including phenoxy) is 1. The Morgan fingerprint density at radius 2 is 1.76 bits per heavy atom. The molecular weight excluding hydrogens is 526 g/mol. The lowest BCUT2D eigenvalue weighted by Gasteiger charge is -2.52. The lowest BCUT2D eigenvalue weighted by atomic mass is 9.83. The Balaban J connectivity index is 0.00000336. The molecule has 3 aromatic carbocycles. The smallest absolute Gasteiger partial charge is 0.415 e. The molecule has 3 aliphatic rings. The molecule has 2 bridgehead atoms. The van der Waals surface area contributed by atoms with Crippen molar-refractivity contribution in [3.63, 3.8) is 0 Å². The molecule has 202 valence electrons. The molecule has 0 aliphatic carbocycles. The number of thioether (sulfide) groups is 1. The van der Waals surface area contributed by atoms with Crippen molar-refractivity contribution in [2.75, 3.05) is 36.8 Å². The molecule has 3 aromatic rings. The third kappa shape index (κ3) is 6.68. The van der Waals surface area contributed by atoms with Gasteiger partial charge in [0.25, 0.3) is 0 Å². The number of rotatable bonds is 8. The van der Waals surface area contributed by atoms with Crippen molar-refractivity contribution in [1.29, 1.82) is 0 Å². The van der Waals surface area contributed by atoms with Crippen molar-refractivity contribution in [1.82, 2.24) is 0 Å². The van der Waals surface area contributed by atoms with E-state index in [0.29, 0.717) is 17.2 Å². The van der Waals surface area contributed by atoms with Crippen LogP contribution in [-0.2, 0) is 11.3 Å². The molecule has 4 nitrogen and oxygen atoms in total. The summed E-state index contributed by atoms with van der Waals surface area (Å²) in [5, 5.41) is 0. The Bertz CT molecular complexity index is 1240. The van der Waals surface area contributed by atoms with Crippen molar-refractivity contribution in [3.05, 3.63) is 95.6 Å². The monoisotopic (exact) mass is 558 g/mol. The van der Waals surface area contributed by atoms with Crippen molar-refractivity contribution in [2.45, 2.75) is 37.3 Å². The summed E-state index contributed by atoms with van der Waals surface area (Å²) in [7, 11) is 0. The van der Waals surface area contributed by atoms with Crippen LogP contribution in [0.15, 0.2) is 77.7 Å². The highest BCUT2D eigenvalue weighted by atomic mass is 35.5. The molecule has 3 aliphatic heterocycles. The van der Waals surface area contributed by atoms with E-state index in [1.807, 2.05) is 49.0 Å². The van der Waals surface area contributed by atoms with Crippen LogP contribution in [0.5, 0.6) is 0 Å². The van der Waals surface area contributed by atoms with E-state index < -0.39 is 17.7 Å². The summed E-state index contributed by atoms with van der Waals surface area (Å²) in [6.45, 7) is 6.20. The van der Waals surface area contributed by atoms with E-state index >= 15 is 0 Å². The SMILES string of the molecule is Cc1cccc(N(Cc2ccc(F)c(F)c2)C(=O)O[C@H]2C[N+]3(CCSc4ccccc4)CCC2CC3)c1.[Cl-]. The average molecular weight is 559 g/mol. The number of hydrogen-bond donors (Lipinski definition) is 0. The molecule has 1 atom stereocenters. The lowest BCUT2D eigenvalue weighted by molar-refractivity contribution is -0.943. The van der Waals surface area contributed by atoms with Crippen LogP contribution in [-0.4, -0.2) is 48.6 Å². The van der Waals surface area contributed by atoms with Crippen LogP contribution in [0.3, 0.4) is 0 Å². The van der Waals surface area contributed by atoms with Crippen molar-refractivity contribution in [3.8, 4) is 0 Å². The molecule has 38 heavy (non-hydrogen) atoms.